The van der Waals surface area contributed by atoms with E-state index in [4.69, 9.17) is 21.5 Å². The number of nitrogens with one attached hydrogen (secondary N) is 2. The van der Waals surface area contributed by atoms with Crippen LogP contribution in [0.25, 0.3) is 0 Å². The average molecular weight is 398 g/mol. The van der Waals surface area contributed by atoms with Gasteiger partial charge in [0.15, 0.2) is 0 Å². The van der Waals surface area contributed by atoms with Crippen molar-refractivity contribution in [3.63, 3.8) is 0 Å². The molecule has 0 saturated carbocycles. The van der Waals surface area contributed by atoms with Crippen LogP contribution in [0.1, 0.15) is 26.3 Å². The van der Waals surface area contributed by atoms with E-state index >= 15 is 0 Å². The van der Waals surface area contributed by atoms with Gasteiger partial charge < -0.3 is 4.74 Å². The van der Waals surface area contributed by atoms with Gasteiger partial charge >= 0.3 is 0 Å². The molecule has 10 heteroatoms. The molecule has 0 fully saturated rings. The molecule has 0 saturated heterocycles. The van der Waals surface area contributed by atoms with Crippen LogP contribution in [0.5, 0.6) is 0 Å². The van der Waals surface area contributed by atoms with E-state index in [0.29, 0.717) is 12.2 Å². The first kappa shape index (κ1) is 19.9. The number of ether oxygens (including phenoxy) is 1. The van der Waals surface area contributed by atoms with E-state index in [1.54, 1.807) is 31.4 Å². The Morgan fingerprint density at radius 1 is 1.04 bits per heavy atom. The summed E-state index contributed by atoms with van der Waals surface area (Å²) in [7, 11) is -2.52. The van der Waals surface area contributed by atoms with Crippen LogP contribution in [0.15, 0.2) is 47.4 Å². The third-order valence-corrected chi connectivity index (χ3v) is 4.71. The first-order valence-corrected chi connectivity index (χ1v) is 9.15. The molecule has 26 heavy (non-hydrogen) atoms. The third-order valence-electron chi connectivity index (χ3n) is 3.32. The smallest absolute Gasteiger partial charge is 0.269 e. The fraction of sp³-hybridized carbons (Fsp3) is 0.125. The topological polar surface area (TPSA) is 128 Å². The minimum absolute atomic E-state index is 0.0332. The number of hydrazine groups is 1. The third kappa shape index (κ3) is 5.02. The van der Waals surface area contributed by atoms with Gasteiger partial charge in [-0.25, -0.2) is 13.6 Å². The highest BCUT2D eigenvalue weighted by Gasteiger charge is 2.17. The summed E-state index contributed by atoms with van der Waals surface area (Å²) in [5, 5.41) is 4.93. The molecule has 138 valence electrons. The number of nitrogens with two attached hydrogens (primary N) is 1. The number of carbonyl (C=O) groups is 2. The Balaban J connectivity index is 2.05. The Bertz CT molecular complexity index is 929. The van der Waals surface area contributed by atoms with Crippen LogP contribution in [0, 0.1) is 0 Å². The van der Waals surface area contributed by atoms with Crippen LogP contribution < -0.4 is 16.0 Å². The highest BCUT2D eigenvalue weighted by Crippen LogP contribution is 2.21. The summed E-state index contributed by atoms with van der Waals surface area (Å²) in [6, 6.07) is 10.2. The molecule has 0 atom stereocenters. The molecule has 4 N–H and O–H groups in total. The maximum Gasteiger partial charge on any atom is 0.269 e. The van der Waals surface area contributed by atoms with Crippen molar-refractivity contribution >= 4 is 33.4 Å². The summed E-state index contributed by atoms with van der Waals surface area (Å²) in [6.07, 6.45) is 0. The van der Waals surface area contributed by atoms with Crippen molar-refractivity contribution in [3.8, 4) is 0 Å². The van der Waals surface area contributed by atoms with Gasteiger partial charge in [-0.05, 0) is 35.9 Å². The lowest BCUT2D eigenvalue weighted by atomic mass is 10.1. The fourth-order valence-electron chi connectivity index (χ4n) is 2.04. The second-order valence-corrected chi connectivity index (χ2v) is 7.17. The quantitative estimate of drug-likeness (QED) is 0.653. The minimum Gasteiger partial charge on any atom is -0.380 e. The largest absolute Gasteiger partial charge is 0.380 e. The van der Waals surface area contributed by atoms with Crippen LogP contribution in [0.4, 0.5) is 0 Å². The molecular formula is C16H16ClN3O5S. The zero-order valence-corrected chi connectivity index (χ0v) is 15.2. The number of rotatable bonds is 5. The minimum atomic E-state index is -4.08. The van der Waals surface area contributed by atoms with Gasteiger partial charge in [-0.3, -0.25) is 20.4 Å². The lowest BCUT2D eigenvalue weighted by Gasteiger charge is -2.09. The Morgan fingerprint density at radius 3 is 2.12 bits per heavy atom. The second kappa shape index (κ2) is 8.28. The zero-order chi connectivity index (χ0) is 19.3. The molecule has 2 amide bonds. The maximum absolute atomic E-state index is 12.1. The van der Waals surface area contributed by atoms with E-state index in [1.165, 1.54) is 12.1 Å². The Labute approximate surface area is 155 Å². The van der Waals surface area contributed by atoms with Crippen LogP contribution in [0.3, 0.4) is 0 Å². The van der Waals surface area contributed by atoms with E-state index in [9.17, 15) is 18.0 Å². The summed E-state index contributed by atoms with van der Waals surface area (Å²) in [6.45, 7) is 0.418. The normalized spacial score (nSPS) is 11.0. The lowest BCUT2D eigenvalue weighted by molar-refractivity contribution is 0.0846. The van der Waals surface area contributed by atoms with E-state index in [2.05, 4.69) is 10.9 Å². The predicted molar refractivity (Wildman–Crippen MR) is 94.9 cm³/mol. The molecule has 2 rings (SSSR count). The van der Waals surface area contributed by atoms with E-state index in [1.807, 2.05) is 0 Å². The summed E-state index contributed by atoms with van der Waals surface area (Å²) in [4.78, 5) is 23.7. The molecule has 0 aliphatic heterocycles. The van der Waals surface area contributed by atoms with Crippen molar-refractivity contribution < 1.29 is 22.7 Å². The first-order valence-electron chi connectivity index (χ1n) is 7.23. The van der Waals surface area contributed by atoms with Gasteiger partial charge in [0.05, 0.1) is 11.6 Å². The standard InChI is InChI=1S/C16H16ClN3O5S/c1-25-9-10-2-4-11(5-3-10)15(21)19-20-16(22)12-6-7-13(17)14(8-12)26(18,23)24/h2-8H,9H2,1H3,(H,19,21)(H,20,22)(H2,18,23,24). The molecule has 0 aliphatic carbocycles. The van der Waals surface area contributed by atoms with Crippen LogP contribution in [-0.2, 0) is 21.4 Å². The molecule has 0 unspecified atom stereocenters. The molecule has 0 aromatic heterocycles. The van der Waals surface area contributed by atoms with E-state index in [-0.39, 0.29) is 15.5 Å². The number of hydrogen-bond donors (Lipinski definition) is 3. The molecule has 2 aromatic rings. The lowest BCUT2D eigenvalue weighted by Crippen LogP contribution is -2.41. The van der Waals surface area contributed by atoms with Crippen LogP contribution >= 0.6 is 11.6 Å². The van der Waals surface area contributed by atoms with Crippen molar-refractivity contribution in [2.24, 2.45) is 5.14 Å². The van der Waals surface area contributed by atoms with Gasteiger partial charge in [0.25, 0.3) is 11.8 Å². The zero-order valence-electron chi connectivity index (χ0n) is 13.7. The maximum atomic E-state index is 12.1. The molecule has 0 aliphatic rings. The van der Waals surface area contributed by atoms with Crippen molar-refractivity contribution in [2.45, 2.75) is 11.5 Å². The SMILES string of the molecule is COCc1ccc(C(=O)NNC(=O)c2ccc(Cl)c(S(N)(=O)=O)c2)cc1. The van der Waals surface area contributed by atoms with E-state index < -0.39 is 21.8 Å². The van der Waals surface area contributed by atoms with Crippen molar-refractivity contribution in [3.05, 3.63) is 64.2 Å². The molecule has 2 aromatic carbocycles. The van der Waals surface area contributed by atoms with Gasteiger partial charge in [0.1, 0.15) is 4.90 Å². The van der Waals surface area contributed by atoms with Crippen LogP contribution in [-0.4, -0.2) is 27.3 Å². The van der Waals surface area contributed by atoms with Gasteiger partial charge in [-0.2, -0.15) is 0 Å². The molecule has 0 spiro atoms. The number of carbonyl (C=O) groups excluding carboxylic acids is 2. The first-order chi connectivity index (χ1) is 12.2. The summed E-state index contributed by atoms with van der Waals surface area (Å²) in [5.41, 5.74) is 5.62. The number of primary sulfonamides is 1. The van der Waals surface area contributed by atoms with Crippen molar-refractivity contribution in [1.82, 2.24) is 10.9 Å². The fourth-order valence-corrected chi connectivity index (χ4v) is 3.11. The number of amides is 2. The van der Waals surface area contributed by atoms with Crippen molar-refractivity contribution in [2.75, 3.05) is 7.11 Å². The average Bonchev–Trinajstić information content (AvgIpc) is 2.59. The van der Waals surface area contributed by atoms with Gasteiger partial charge in [0, 0.05) is 18.2 Å². The number of sulfonamides is 1. The summed E-state index contributed by atoms with van der Waals surface area (Å²) >= 11 is 5.76. The number of benzene rings is 2. The number of methoxy groups -OCH3 is 1. The second-order valence-electron chi connectivity index (χ2n) is 5.23. The highest BCUT2D eigenvalue weighted by atomic mass is 35.5. The van der Waals surface area contributed by atoms with E-state index in [0.717, 1.165) is 11.6 Å². The molecular weight excluding hydrogens is 382 g/mol. The van der Waals surface area contributed by atoms with Gasteiger partial charge in [0.2, 0.25) is 10.0 Å². The van der Waals surface area contributed by atoms with Gasteiger partial charge in [-0.1, -0.05) is 23.7 Å². The predicted octanol–water partition coefficient (Wildman–Crippen LogP) is 1.21. The molecule has 8 nitrogen and oxygen atoms in total. The van der Waals surface area contributed by atoms with Crippen molar-refractivity contribution in [1.29, 1.82) is 0 Å². The molecule has 0 heterocycles. The van der Waals surface area contributed by atoms with Gasteiger partial charge in [-0.15, -0.1) is 0 Å². The Kier molecular flexibility index (Phi) is 6.32. The molecule has 0 bridgehead atoms. The monoisotopic (exact) mass is 397 g/mol. The number of halogens is 1. The number of hydrogen-bond acceptors (Lipinski definition) is 5. The Morgan fingerprint density at radius 2 is 1.58 bits per heavy atom. The molecule has 0 radical (unpaired) electrons. The summed E-state index contributed by atoms with van der Waals surface area (Å²) < 4.78 is 27.9. The Hall–Kier alpha value is -2.46. The summed E-state index contributed by atoms with van der Waals surface area (Å²) in [5.74, 6) is -1.26. The van der Waals surface area contributed by atoms with Crippen LogP contribution in [0.2, 0.25) is 5.02 Å². The highest BCUT2D eigenvalue weighted by molar-refractivity contribution is 7.89.